The predicted molar refractivity (Wildman–Crippen MR) is 111 cm³/mol. The largest absolute Gasteiger partial charge is 0.462 e. The molecule has 0 N–H and O–H groups in total. The van der Waals surface area contributed by atoms with Gasteiger partial charge in [0.15, 0.2) is 0 Å². The molecule has 0 unspecified atom stereocenters. The van der Waals surface area contributed by atoms with E-state index in [2.05, 4.69) is 46.6 Å². The van der Waals surface area contributed by atoms with Gasteiger partial charge in [-0.25, -0.2) is 0 Å². The smallest absolute Gasteiger partial charge is 0.311 e. The molecule has 0 radical (unpaired) electrons. The zero-order valence-electron chi connectivity index (χ0n) is 18.9. The Morgan fingerprint density at radius 2 is 1.67 bits per heavy atom. The molecule has 27 heavy (non-hydrogen) atoms. The van der Waals surface area contributed by atoms with Gasteiger partial charge in [0.25, 0.3) is 0 Å². The third kappa shape index (κ3) is 4.77. The SMILES string of the molecule is CC(C)[Si](O[C@H]1CCN2O[C@@H](COC(=O)C(C)(C)C)C[C@H]12)(C(C)C)C(C)C. The standard InChI is InChI=1S/C21H41NO4Si/c1-14(2)27(15(3)4,16(5)6)26-19-10-11-22-18(19)12-17(25-22)13-24-20(23)21(7,8)9/h14-19H,10-13H2,1-9H3/t17-,18-,19+/m1/s1. The van der Waals surface area contributed by atoms with Crippen LogP contribution < -0.4 is 0 Å². The van der Waals surface area contributed by atoms with E-state index in [4.69, 9.17) is 14.0 Å². The summed E-state index contributed by atoms with van der Waals surface area (Å²) in [5.74, 6) is -0.170. The Labute approximate surface area is 167 Å². The highest BCUT2D eigenvalue weighted by molar-refractivity contribution is 6.77. The van der Waals surface area contributed by atoms with Crippen LogP contribution in [0.3, 0.4) is 0 Å². The van der Waals surface area contributed by atoms with Gasteiger partial charge in [0.1, 0.15) is 12.7 Å². The molecular formula is C21H41NO4Si. The van der Waals surface area contributed by atoms with Crippen molar-refractivity contribution in [1.29, 1.82) is 0 Å². The Bertz CT molecular complexity index is 493. The average molecular weight is 400 g/mol. The van der Waals surface area contributed by atoms with Crippen LogP contribution in [0.1, 0.15) is 75.2 Å². The average Bonchev–Trinajstić information content (AvgIpc) is 3.08. The summed E-state index contributed by atoms with van der Waals surface area (Å²) in [6.07, 6.45) is 2.08. The molecule has 0 aromatic carbocycles. The number of fused-ring (bicyclic) bond motifs is 1. The van der Waals surface area contributed by atoms with E-state index in [1.54, 1.807) is 0 Å². The molecule has 0 aliphatic carbocycles. The number of carbonyl (C=O) groups is 1. The number of hydrogen-bond donors (Lipinski definition) is 0. The van der Waals surface area contributed by atoms with Crippen molar-refractivity contribution in [2.24, 2.45) is 5.41 Å². The molecule has 0 spiro atoms. The summed E-state index contributed by atoms with van der Waals surface area (Å²) in [6, 6.07) is 0.284. The Morgan fingerprint density at radius 1 is 1.11 bits per heavy atom. The molecule has 5 nitrogen and oxygen atoms in total. The minimum atomic E-state index is -1.90. The summed E-state index contributed by atoms with van der Waals surface area (Å²) < 4.78 is 12.5. The number of hydrogen-bond acceptors (Lipinski definition) is 5. The summed E-state index contributed by atoms with van der Waals surface area (Å²) >= 11 is 0. The predicted octanol–water partition coefficient (Wildman–Crippen LogP) is 4.91. The van der Waals surface area contributed by atoms with Gasteiger partial charge in [0, 0.05) is 6.54 Å². The molecule has 0 bridgehead atoms. The van der Waals surface area contributed by atoms with Gasteiger partial charge < -0.3 is 9.16 Å². The minimum Gasteiger partial charge on any atom is -0.462 e. The van der Waals surface area contributed by atoms with E-state index in [0.29, 0.717) is 23.2 Å². The van der Waals surface area contributed by atoms with E-state index < -0.39 is 13.7 Å². The molecule has 2 aliphatic heterocycles. The quantitative estimate of drug-likeness (QED) is 0.449. The summed E-state index contributed by atoms with van der Waals surface area (Å²) in [6.45, 7) is 20.9. The van der Waals surface area contributed by atoms with E-state index in [9.17, 15) is 4.79 Å². The lowest BCUT2D eigenvalue weighted by molar-refractivity contribution is -0.177. The first-order chi connectivity index (χ1) is 12.4. The highest BCUT2D eigenvalue weighted by atomic mass is 28.4. The second kappa shape index (κ2) is 8.52. The van der Waals surface area contributed by atoms with Gasteiger partial charge in [-0.2, -0.15) is 5.06 Å². The Balaban J connectivity index is 2.01. The second-order valence-electron chi connectivity index (χ2n) is 10.3. The van der Waals surface area contributed by atoms with Crippen LogP contribution in [0.4, 0.5) is 0 Å². The fourth-order valence-corrected chi connectivity index (χ4v) is 10.6. The van der Waals surface area contributed by atoms with Crippen molar-refractivity contribution in [3.8, 4) is 0 Å². The molecule has 6 heteroatoms. The van der Waals surface area contributed by atoms with Crippen molar-refractivity contribution in [3.63, 3.8) is 0 Å². The number of hydroxylamine groups is 2. The molecule has 0 amide bonds. The first-order valence-electron chi connectivity index (χ1n) is 10.7. The Kier molecular flexibility index (Phi) is 7.21. The van der Waals surface area contributed by atoms with Crippen LogP contribution in [0, 0.1) is 5.41 Å². The normalized spacial score (nSPS) is 27.0. The van der Waals surface area contributed by atoms with Crippen molar-refractivity contribution in [3.05, 3.63) is 0 Å². The zero-order valence-corrected chi connectivity index (χ0v) is 19.9. The summed E-state index contributed by atoms with van der Waals surface area (Å²) in [7, 11) is -1.90. The van der Waals surface area contributed by atoms with Crippen LogP contribution in [0.2, 0.25) is 16.6 Å². The molecule has 0 aromatic rings. The fourth-order valence-electron chi connectivity index (χ4n) is 4.99. The Morgan fingerprint density at radius 3 is 2.15 bits per heavy atom. The summed E-state index contributed by atoms with van der Waals surface area (Å²) in [5.41, 5.74) is 1.27. The molecule has 2 aliphatic rings. The van der Waals surface area contributed by atoms with Gasteiger partial charge in [-0.3, -0.25) is 9.63 Å². The van der Waals surface area contributed by atoms with Crippen LogP contribution in [0.25, 0.3) is 0 Å². The van der Waals surface area contributed by atoms with Crippen molar-refractivity contribution in [2.75, 3.05) is 13.2 Å². The lowest BCUT2D eigenvalue weighted by Gasteiger charge is -2.44. The highest BCUT2D eigenvalue weighted by Gasteiger charge is 2.51. The van der Waals surface area contributed by atoms with Gasteiger partial charge in [-0.05, 0) is 50.2 Å². The molecule has 2 saturated heterocycles. The van der Waals surface area contributed by atoms with Crippen LogP contribution >= 0.6 is 0 Å². The van der Waals surface area contributed by atoms with Crippen LogP contribution in [0.15, 0.2) is 0 Å². The first-order valence-corrected chi connectivity index (χ1v) is 12.8. The topological polar surface area (TPSA) is 48.0 Å². The lowest BCUT2D eigenvalue weighted by Crippen LogP contribution is -2.52. The van der Waals surface area contributed by atoms with Gasteiger partial charge >= 0.3 is 5.97 Å². The number of ether oxygens (including phenoxy) is 1. The molecule has 2 fully saturated rings. The van der Waals surface area contributed by atoms with Crippen LogP contribution in [-0.4, -0.2) is 50.8 Å². The maximum absolute atomic E-state index is 12.0. The Hall–Kier alpha value is -0.433. The van der Waals surface area contributed by atoms with Gasteiger partial charge in [-0.1, -0.05) is 41.5 Å². The van der Waals surface area contributed by atoms with E-state index in [1.165, 1.54) is 0 Å². The van der Waals surface area contributed by atoms with E-state index in [0.717, 1.165) is 19.4 Å². The van der Waals surface area contributed by atoms with Gasteiger partial charge in [0.2, 0.25) is 8.32 Å². The molecule has 2 rings (SSSR count). The van der Waals surface area contributed by atoms with E-state index in [1.807, 2.05) is 20.8 Å². The molecule has 2 heterocycles. The van der Waals surface area contributed by atoms with Crippen molar-refractivity contribution in [2.45, 2.75) is 110 Å². The summed E-state index contributed by atoms with van der Waals surface area (Å²) in [4.78, 5) is 18.1. The number of carbonyl (C=O) groups excluding carboxylic acids is 1. The highest BCUT2D eigenvalue weighted by Crippen LogP contribution is 2.45. The van der Waals surface area contributed by atoms with Crippen molar-refractivity contribution in [1.82, 2.24) is 5.06 Å². The number of nitrogens with zero attached hydrogens (tertiary/aromatic N) is 1. The second-order valence-corrected chi connectivity index (χ2v) is 15.7. The third-order valence-electron chi connectivity index (χ3n) is 6.30. The van der Waals surface area contributed by atoms with Gasteiger partial charge in [0.05, 0.1) is 17.6 Å². The number of esters is 1. The fraction of sp³-hybridized carbons (Fsp3) is 0.952. The van der Waals surface area contributed by atoms with Crippen molar-refractivity contribution < 1.29 is 18.8 Å². The molecule has 0 aromatic heterocycles. The lowest BCUT2D eigenvalue weighted by atomic mass is 9.97. The van der Waals surface area contributed by atoms with Crippen molar-refractivity contribution >= 4 is 14.3 Å². The maximum atomic E-state index is 12.0. The molecular weight excluding hydrogens is 358 g/mol. The maximum Gasteiger partial charge on any atom is 0.311 e. The van der Waals surface area contributed by atoms with Crippen LogP contribution in [-0.2, 0) is 18.8 Å². The first kappa shape index (κ1) is 22.9. The monoisotopic (exact) mass is 399 g/mol. The summed E-state index contributed by atoms with van der Waals surface area (Å²) in [5, 5.41) is 2.08. The molecule has 3 atom stereocenters. The van der Waals surface area contributed by atoms with E-state index in [-0.39, 0.29) is 24.2 Å². The molecule has 158 valence electrons. The third-order valence-corrected chi connectivity index (χ3v) is 12.4. The van der Waals surface area contributed by atoms with Crippen LogP contribution in [0.5, 0.6) is 0 Å². The van der Waals surface area contributed by atoms with E-state index >= 15 is 0 Å². The number of rotatable bonds is 7. The minimum absolute atomic E-state index is 0.0547. The zero-order chi connectivity index (χ0) is 20.6. The van der Waals surface area contributed by atoms with Gasteiger partial charge in [-0.15, -0.1) is 0 Å². The molecule has 0 saturated carbocycles.